The third-order valence-corrected chi connectivity index (χ3v) is 7.25. The Morgan fingerprint density at radius 2 is 2.00 bits per heavy atom. The summed E-state index contributed by atoms with van der Waals surface area (Å²) in [6.07, 6.45) is 4.42. The molecule has 0 atom stereocenters. The molecule has 3 aliphatic heterocycles. The van der Waals surface area contributed by atoms with E-state index in [1.165, 1.54) is 0 Å². The zero-order valence-electron chi connectivity index (χ0n) is 14.4. The van der Waals surface area contributed by atoms with Crippen molar-refractivity contribution in [3.63, 3.8) is 0 Å². The van der Waals surface area contributed by atoms with Gasteiger partial charge in [-0.2, -0.15) is 5.10 Å². The van der Waals surface area contributed by atoms with Crippen LogP contribution in [0.1, 0.15) is 12.5 Å². The molecule has 2 amide bonds. The number of carbonyl (C=O) groups is 1. The van der Waals surface area contributed by atoms with Gasteiger partial charge in [-0.25, -0.2) is 17.5 Å². The number of anilines is 1. The fourth-order valence-electron chi connectivity index (χ4n) is 3.64. The van der Waals surface area contributed by atoms with Crippen molar-refractivity contribution in [2.45, 2.75) is 12.5 Å². The highest BCUT2D eigenvalue weighted by Crippen LogP contribution is 2.25. The van der Waals surface area contributed by atoms with E-state index in [1.807, 2.05) is 10.9 Å². The minimum atomic E-state index is -3.00. The van der Waals surface area contributed by atoms with E-state index in [0.29, 0.717) is 25.7 Å². The predicted octanol–water partition coefficient (Wildman–Crippen LogP) is -0.353. The van der Waals surface area contributed by atoms with Crippen molar-refractivity contribution in [1.29, 1.82) is 0 Å². The lowest BCUT2D eigenvalue weighted by Gasteiger charge is -2.39. The Hall–Kier alpha value is -1.65. The minimum Gasteiger partial charge on any atom is -0.326 e. The van der Waals surface area contributed by atoms with Crippen LogP contribution in [0.2, 0.25) is 0 Å². The molecule has 3 fully saturated rings. The number of sulfonamides is 1. The molecule has 1 aromatic heterocycles. The molecule has 0 bridgehead atoms. The summed E-state index contributed by atoms with van der Waals surface area (Å²) in [4.78, 5) is 17.7. The largest absolute Gasteiger partial charge is 0.326 e. The lowest BCUT2D eigenvalue weighted by Crippen LogP contribution is -2.50. The first-order valence-corrected chi connectivity index (χ1v) is 10.3. The molecular formula is C15H24N6O3S. The number of urea groups is 1. The first kappa shape index (κ1) is 16.8. The van der Waals surface area contributed by atoms with Crippen LogP contribution in [0.15, 0.2) is 12.4 Å². The summed E-state index contributed by atoms with van der Waals surface area (Å²) < 4.78 is 27.1. The Morgan fingerprint density at radius 3 is 2.64 bits per heavy atom. The number of hydrogen-bond donors (Lipinski definition) is 0. The van der Waals surface area contributed by atoms with Gasteiger partial charge < -0.3 is 4.90 Å². The summed E-state index contributed by atoms with van der Waals surface area (Å²) in [5.41, 5.74) is 0.843. The maximum absolute atomic E-state index is 12.0. The van der Waals surface area contributed by atoms with Gasteiger partial charge in [0.2, 0.25) is 10.0 Å². The van der Waals surface area contributed by atoms with Gasteiger partial charge in [-0.15, -0.1) is 0 Å². The topological polar surface area (TPSA) is 82.0 Å². The summed E-state index contributed by atoms with van der Waals surface area (Å²) in [6.45, 7) is 5.15. The average Bonchev–Trinajstić information content (AvgIpc) is 3.20. The molecule has 0 aliphatic carbocycles. The van der Waals surface area contributed by atoms with Crippen molar-refractivity contribution >= 4 is 21.7 Å². The average molecular weight is 368 g/mol. The number of rotatable bonds is 5. The molecule has 4 heterocycles. The van der Waals surface area contributed by atoms with Gasteiger partial charge >= 0.3 is 6.03 Å². The van der Waals surface area contributed by atoms with Crippen LogP contribution in [0.25, 0.3) is 0 Å². The molecule has 1 aromatic rings. The first-order valence-electron chi connectivity index (χ1n) is 8.71. The molecule has 0 saturated carbocycles. The van der Waals surface area contributed by atoms with Gasteiger partial charge in [0, 0.05) is 59.1 Å². The minimum absolute atomic E-state index is 0.0154. The quantitative estimate of drug-likeness (QED) is 0.709. The second-order valence-corrected chi connectivity index (χ2v) is 9.10. The third kappa shape index (κ3) is 3.13. The van der Waals surface area contributed by atoms with Gasteiger partial charge in [0.15, 0.2) is 0 Å². The molecule has 0 aromatic carbocycles. The van der Waals surface area contributed by atoms with Gasteiger partial charge in [0.1, 0.15) is 0 Å². The molecular weight excluding hydrogens is 344 g/mol. The summed E-state index contributed by atoms with van der Waals surface area (Å²) >= 11 is 0. The van der Waals surface area contributed by atoms with E-state index in [9.17, 15) is 13.2 Å². The zero-order valence-corrected chi connectivity index (χ0v) is 15.2. The van der Waals surface area contributed by atoms with Crippen LogP contribution < -0.4 is 4.90 Å². The molecule has 4 rings (SSSR count). The fraction of sp³-hybridized carbons (Fsp3) is 0.733. The van der Waals surface area contributed by atoms with Crippen molar-refractivity contribution in [3.8, 4) is 0 Å². The van der Waals surface area contributed by atoms with Crippen LogP contribution in [-0.2, 0) is 10.0 Å². The lowest BCUT2D eigenvalue weighted by atomic mass is 10.1. The van der Waals surface area contributed by atoms with E-state index in [2.05, 4.69) is 10.00 Å². The Balaban J connectivity index is 1.28. The molecule has 25 heavy (non-hydrogen) atoms. The molecule has 0 radical (unpaired) electrons. The van der Waals surface area contributed by atoms with Crippen LogP contribution in [0.3, 0.4) is 0 Å². The SMILES string of the molecule is CN1CCN(c2cnn(C3CN(CCN4CCCS4(=O)=O)C3)c2)C1=O. The molecule has 0 spiro atoms. The van der Waals surface area contributed by atoms with Crippen LogP contribution in [-0.4, -0.2) is 96.9 Å². The summed E-state index contributed by atoms with van der Waals surface area (Å²) in [7, 11) is -1.20. The molecule has 3 saturated heterocycles. The van der Waals surface area contributed by atoms with E-state index in [1.54, 1.807) is 27.3 Å². The number of likely N-dealkylation sites (tertiary alicyclic amines) is 1. The lowest BCUT2D eigenvalue weighted by molar-refractivity contribution is 0.0941. The Morgan fingerprint density at radius 1 is 1.20 bits per heavy atom. The number of amides is 2. The summed E-state index contributed by atoms with van der Waals surface area (Å²) in [5, 5.41) is 4.41. The fourth-order valence-corrected chi connectivity index (χ4v) is 5.16. The smallest absolute Gasteiger partial charge is 0.324 e. The number of carbonyl (C=O) groups excluding carboxylic acids is 1. The van der Waals surface area contributed by atoms with E-state index in [-0.39, 0.29) is 11.8 Å². The standard InChI is InChI=1S/C15H24N6O3S/c1-17-4-7-20(15(17)22)13-9-16-21(12-13)14-10-18(11-14)5-6-19-3-2-8-25(19,23)24/h9,12,14H,2-8,10-11H2,1H3. The summed E-state index contributed by atoms with van der Waals surface area (Å²) in [5.74, 6) is 0.288. The second-order valence-electron chi connectivity index (χ2n) is 7.02. The Kier molecular flexibility index (Phi) is 4.20. The van der Waals surface area contributed by atoms with E-state index in [0.717, 1.165) is 38.3 Å². The molecule has 3 aliphatic rings. The van der Waals surface area contributed by atoms with Gasteiger partial charge in [-0.3, -0.25) is 14.5 Å². The highest BCUT2D eigenvalue weighted by molar-refractivity contribution is 7.89. The Labute approximate surface area is 147 Å². The normalized spacial score (nSPS) is 25.1. The third-order valence-electron chi connectivity index (χ3n) is 5.30. The van der Waals surface area contributed by atoms with Crippen molar-refractivity contribution in [1.82, 2.24) is 23.9 Å². The number of aromatic nitrogens is 2. The summed E-state index contributed by atoms with van der Waals surface area (Å²) in [6, 6.07) is 0.306. The van der Waals surface area contributed by atoms with Crippen molar-refractivity contribution in [3.05, 3.63) is 12.4 Å². The Bertz CT molecular complexity index is 757. The number of likely N-dealkylation sites (N-methyl/N-ethyl adjacent to an activating group) is 1. The highest BCUT2D eigenvalue weighted by Gasteiger charge is 2.33. The zero-order chi connectivity index (χ0) is 17.6. The van der Waals surface area contributed by atoms with Crippen molar-refractivity contribution in [2.24, 2.45) is 0 Å². The van der Waals surface area contributed by atoms with Crippen LogP contribution in [0, 0.1) is 0 Å². The van der Waals surface area contributed by atoms with E-state index in [4.69, 9.17) is 0 Å². The maximum atomic E-state index is 12.0. The van der Waals surface area contributed by atoms with Crippen LogP contribution >= 0.6 is 0 Å². The molecule has 0 unspecified atom stereocenters. The van der Waals surface area contributed by atoms with E-state index >= 15 is 0 Å². The molecule has 10 heteroatoms. The van der Waals surface area contributed by atoms with Gasteiger partial charge in [-0.1, -0.05) is 0 Å². The second kappa shape index (κ2) is 6.26. The van der Waals surface area contributed by atoms with Gasteiger partial charge in [0.25, 0.3) is 0 Å². The van der Waals surface area contributed by atoms with E-state index < -0.39 is 10.0 Å². The molecule has 9 nitrogen and oxygen atoms in total. The van der Waals surface area contributed by atoms with Gasteiger partial charge in [-0.05, 0) is 6.42 Å². The molecule has 0 N–H and O–H groups in total. The van der Waals surface area contributed by atoms with Crippen LogP contribution in [0.4, 0.5) is 10.5 Å². The van der Waals surface area contributed by atoms with Crippen molar-refractivity contribution in [2.75, 3.05) is 63.5 Å². The van der Waals surface area contributed by atoms with Crippen LogP contribution in [0.5, 0.6) is 0 Å². The maximum Gasteiger partial charge on any atom is 0.324 e. The molecule has 138 valence electrons. The monoisotopic (exact) mass is 368 g/mol. The first-order chi connectivity index (χ1) is 11.9. The number of hydrogen-bond acceptors (Lipinski definition) is 5. The highest BCUT2D eigenvalue weighted by atomic mass is 32.2. The predicted molar refractivity (Wildman–Crippen MR) is 93.1 cm³/mol. The number of nitrogens with zero attached hydrogens (tertiary/aromatic N) is 6. The van der Waals surface area contributed by atoms with Gasteiger partial charge in [0.05, 0.1) is 23.7 Å². The van der Waals surface area contributed by atoms with Crippen molar-refractivity contribution < 1.29 is 13.2 Å².